The fourth-order valence-corrected chi connectivity index (χ4v) is 2.55. The molecule has 3 nitrogen and oxygen atoms in total. The van der Waals surface area contributed by atoms with Gasteiger partial charge in [0.05, 0.1) is 11.7 Å². The molecule has 0 aliphatic carbocycles. The van der Waals surface area contributed by atoms with Gasteiger partial charge in [0.2, 0.25) is 0 Å². The van der Waals surface area contributed by atoms with Gasteiger partial charge in [0.15, 0.2) is 0 Å². The van der Waals surface area contributed by atoms with Crippen molar-refractivity contribution in [1.82, 2.24) is 15.3 Å². The number of nitrogens with one attached hydrogen (secondary N) is 1. The van der Waals surface area contributed by atoms with Crippen molar-refractivity contribution in [2.75, 3.05) is 0 Å². The van der Waals surface area contributed by atoms with Crippen LogP contribution in [-0.2, 0) is 6.54 Å². The van der Waals surface area contributed by atoms with Crippen LogP contribution < -0.4 is 5.32 Å². The van der Waals surface area contributed by atoms with Gasteiger partial charge < -0.3 is 5.32 Å². The zero-order chi connectivity index (χ0) is 15.2. The van der Waals surface area contributed by atoms with E-state index in [0.29, 0.717) is 6.54 Å². The lowest BCUT2D eigenvalue weighted by molar-refractivity contribution is 0.591. The Morgan fingerprint density at radius 3 is 2.68 bits per heavy atom. The lowest BCUT2D eigenvalue weighted by atomic mass is 10.0. The third kappa shape index (κ3) is 3.70. The number of halogens is 1. The summed E-state index contributed by atoms with van der Waals surface area (Å²) in [5.41, 5.74) is 3.19. The van der Waals surface area contributed by atoms with Crippen LogP contribution in [0.4, 0.5) is 0 Å². The van der Waals surface area contributed by atoms with E-state index >= 15 is 0 Å². The highest BCUT2D eigenvalue weighted by atomic mass is 35.5. The molecule has 0 aliphatic rings. The SMILES string of the molecule is Clc1cccc([C@@H](NCc2cccnc2)c2ccccn2)c1. The summed E-state index contributed by atoms with van der Waals surface area (Å²) in [6, 6.07) is 17.8. The van der Waals surface area contributed by atoms with Gasteiger partial charge in [-0.2, -0.15) is 0 Å². The van der Waals surface area contributed by atoms with Crippen LogP contribution in [0.15, 0.2) is 73.2 Å². The summed E-state index contributed by atoms with van der Waals surface area (Å²) >= 11 is 6.14. The largest absolute Gasteiger partial charge is 0.301 e. The predicted molar refractivity (Wildman–Crippen MR) is 88.6 cm³/mol. The molecule has 3 rings (SSSR count). The second-order valence-corrected chi connectivity index (χ2v) is 5.42. The fraction of sp³-hybridized carbons (Fsp3) is 0.111. The molecule has 22 heavy (non-hydrogen) atoms. The van der Waals surface area contributed by atoms with Crippen LogP contribution in [0.2, 0.25) is 5.02 Å². The highest BCUT2D eigenvalue weighted by molar-refractivity contribution is 6.30. The third-order valence-electron chi connectivity index (χ3n) is 3.40. The van der Waals surface area contributed by atoms with Crippen molar-refractivity contribution >= 4 is 11.6 Å². The Kier molecular flexibility index (Phi) is 4.78. The predicted octanol–water partition coefficient (Wildman–Crippen LogP) is 4.01. The van der Waals surface area contributed by atoms with Crippen molar-refractivity contribution < 1.29 is 0 Å². The van der Waals surface area contributed by atoms with Gasteiger partial charge in [0, 0.05) is 30.2 Å². The Morgan fingerprint density at radius 1 is 1.00 bits per heavy atom. The van der Waals surface area contributed by atoms with Gasteiger partial charge in [-0.15, -0.1) is 0 Å². The van der Waals surface area contributed by atoms with E-state index in [-0.39, 0.29) is 6.04 Å². The summed E-state index contributed by atoms with van der Waals surface area (Å²) in [5.74, 6) is 0. The van der Waals surface area contributed by atoms with Crippen molar-refractivity contribution in [2.45, 2.75) is 12.6 Å². The summed E-state index contributed by atoms with van der Waals surface area (Å²) < 4.78 is 0. The van der Waals surface area contributed by atoms with E-state index in [2.05, 4.69) is 21.4 Å². The van der Waals surface area contributed by atoms with E-state index in [9.17, 15) is 0 Å². The highest BCUT2D eigenvalue weighted by Crippen LogP contribution is 2.23. The monoisotopic (exact) mass is 309 g/mol. The normalized spacial score (nSPS) is 12.0. The fourth-order valence-electron chi connectivity index (χ4n) is 2.35. The lowest BCUT2D eigenvalue weighted by Gasteiger charge is -2.19. The lowest BCUT2D eigenvalue weighted by Crippen LogP contribution is -2.23. The van der Waals surface area contributed by atoms with Gasteiger partial charge >= 0.3 is 0 Å². The maximum absolute atomic E-state index is 6.14. The molecular formula is C18H16ClN3. The smallest absolute Gasteiger partial charge is 0.0754 e. The Bertz CT molecular complexity index is 717. The number of nitrogens with zero attached hydrogens (tertiary/aromatic N) is 2. The standard InChI is InChI=1S/C18H16ClN3/c19-16-7-3-6-15(11-16)18(17-8-1-2-10-21-17)22-13-14-5-4-9-20-12-14/h1-12,18,22H,13H2/t18-/m1/s1. The molecule has 0 bridgehead atoms. The molecule has 1 aromatic carbocycles. The van der Waals surface area contributed by atoms with Gasteiger partial charge in [0.25, 0.3) is 0 Å². The molecule has 0 saturated heterocycles. The second kappa shape index (κ2) is 7.16. The maximum atomic E-state index is 6.14. The first-order valence-corrected chi connectivity index (χ1v) is 7.49. The van der Waals surface area contributed by atoms with Crippen molar-refractivity contribution in [3.05, 3.63) is 95.0 Å². The van der Waals surface area contributed by atoms with Gasteiger partial charge in [-0.05, 0) is 41.5 Å². The first-order valence-electron chi connectivity index (χ1n) is 7.11. The number of pyridine rings is 2. The van der Waals surface area contributed by atoms with Crippen molar-refractivity contribution in [3.63, 3.8) is 0 Å². The molecule has 1 atom stereocenters. The molecule has 0 amide bonds. The Hall–Kier alpha value is -2.23. The molecule has 4 heteroatoms. The van der Waals surface area contributed by atoms with Gasteiger partial charge in [-0.25, -0.2) is 0 Å². The summed E-state index contributed by atoms with van der Waals surface area (Å²) in [7, 11) is 0. The molecule has 0 saturated carbocycles. The third-order valence-corrected chi connectivity index (χ3v) is 3.63. The van der Waals surface area contributed by atoms with Crippen molar-refractivity contribution in [1.29, 1.82) is 0 Å². The summed E-state index contributed by atoms with van der Waals surface area (Å²) in [6.07, 6.45) is 5.44. The molecule has 0 spiro atoms. The van der Waals surface area contributed by atoms with Crippen LogP contribution in [0.1, 0.15) is 22.9 Å². The number of benzene rings is 1. The zero-order valence-corrected chi connectivity index (χ0v) is 12.7. The number of aromatic nitrogens is 2. The molecule has 0 fully saturated rings. The number of hydrogen-bond acceptors (Lipinski definition) is 3. The Balaban J connectivity index is 1.86. The minimum atomic E-state index is -0.0138. The van der Waals surface area contributed by atoms with E-state index in [1.165, 1.54) is 0 Å². The molecular weight excluding hydrogens is 294 g/mol. The zero-order valence-electron chi connectivity index (χ0n) is 12.0. The first-order chi connectivity index (χ1) is 10.8. The van der Waals surface area contributed by atoms with Crippen LogP contribution in [0.5, 0.6) is 0 Å². The van der Waals surface area contributed by atoms with Crippen LogP contribution in [-0.4, -0.2) is 9.97 Å². The highest BCUT2D eigenvalue weighted by Gasteiger charge is 2.15. The van der Waals surface area contributed by atoms with E-state index in [1.807, 2.05) is 54.7 Å². The molecule has 2 heterocycles. The average molecular weight is 310 g/mol. The van der Waals surface area contributed by atoms with Crippen LogP contribution in [0, 0.1) is 0 Å². The van der Waals surface area contributed by atoms with Crippen LogP contribution in [0.3, 0.4) is 0 Å². The van der Waals surface area contributed by atoms with Gasteiger partial charge in [-0.1, -0.05) is 35.9 Å². The molecule has 0 aliphatic heterocycles. The molecule has 2 aromatic heterocycles. The molecule has 0 unspecified atom stereocenters. The van der Waals surface area contributed by atoms with Crippen molar-refractivity contribution in [3.8, 4) is 0 Å². The van der Waals surface area contributed by atoms with Crippen LogP contribution in [0.25, 0.3) is 0 Å². The van der Waals surface area contributed by atoms with E-state index in [4.69, 9.17) is 11.6 Å². The van der Waals surface area contributed by atoms with Crippen molar-refractivity contribution in [2.24, 2.45) is 0 Å². The molecule has 3 aromatic rings. The van der Waals surface area contributed by atoms with Gasteiger partial charge in [0.1, 0.15) is 0 Å². The van der Waals surface area contributed by atoms with E-state index < -0.39 is 0 Å². The molecule has 0 radical (unpaired) electrons. The number of rotatable bonds is 5. The average Bonchev–Trinajstić information content (AvgIpc) is 2.57. The Labute approximate surface area is 135 Å². The Morgan fingerprint density at radius 2 is 1.95 bits per heavy atom. The van der Waals surface area contributed by atoms with Crippen LogP contribution >= 0.6 is 11.6 Å². The van der Waals surface area contributed by atoms with E-state index in [0.717, 1.165) is 21.8 Å². The number of hydrogen-bond donors (Lipinski definition) is 1. The molecule has 110 valence electrons. The summed E-state index contributed by atoms with van der Waals surface area (Å²) in [4.78, 5) is 8.62. The summed E-state index contributed by atoms with van der Waals surface area (Å²) in [6.45, 7) is 0.710. The van der Waals surface area contributed by atoms with Gasteiger partial charge in [-0.3, -0.25) is 9.97 Å². The minimum absolute atomic E-state index is 0.0138. The molecule has 1 N–H and O–H groups in total. The quantitative estimate of drug-likeness (QED) is 0.774. The topological polar surface area (TPSA) is 37.8 Å². The van der Waals surface area contributed by atoms with E-state index in [1.54, 1.807) is 12.4 Å². The first kappa shape index (κ1) is 14.7. The second-order valence-electron chi connectivity index (χ2n) is 4.98. The summed E-state index contributed by atoms with van der Waals surface area (Å²) in [5, 5.41) is 4.26. The maximum Gasteiger partial charge on any atom is 0.0754 e. The minimum Gasteiger partial charge on any atom is -0.301 e.